The van der Waals surface area contributed by atoms with E-state index >= 15 is 0 Å². The minimum atomic E-state index is -0.601. The van der Waals surface area contributed by atoms with Crippen LogP contribution in [0, 0.1) is 5.41 Å². The lowest BCUT2D eigenvalue weighted by Gasteiger charge is -2.17. The van der Waals surface area contributed by atoms with Gasteiger partial charge in [0.2, 0.25) is 5.91 Å². The van der Waals surface area contributed by atoms with Crippen LogP contribution >= 0.6 is 12.2 Å². The number of aromatic amines is 1. The summed E-state index contributed by atoms with van der Waals surface area (Å²) in [7, 11) is 0. The van der Waals surface area contributed by atoms with E-state index in [2.05, 4.69) is 15.3 Å². The first-order valence-corrected chi connectivity index (χ1v) is 5.57. The van der Waals surface area contributed by atoms with Crippen LogP contribution in [0.2, 0.25) is 0 Å². The Labute approximate surface area is 98.8 Å². The first-order valence-electron chi connectivity index (χ1n) is 5.16. The molecule has 1 heterocycles. The van der Waals surface area contributed by atoms with E-state index in [1.165, 1.54) is 0 Å². The molecule has 6 heteroatoms. The van der Waals surface area contributed by atoms with Gasteiger partial charge in [0.25, 0.3) is 0 Å². The molecule has 86 valence electrons. The van der Waals surface area contributed by atoms with Gasteiger partial charge in [0.1, 0.15) is 5.82 Å². The van der Waals surface area contributed by atoms with E-state index in [-0.39, 0.29) is 16.9 Å². The highest BCUT2D eigenvalue weighted by Gasteiger charge is 2.53. The summed E-state index contributed by atoms with van der Waals surface area (Å²) >= 11 is 4.92. The SMILES string of the molecule is CC(NC(=O)C1(C(N)=S)CC1)c1ncc[nH]1. The molecule has 1 aliphatic carbocycles. The highest BCUT2D eigenvalue weighted by atomic mass is 32.1. The molecule has 1 saturated carbocycles. The number of nitrogens with two attached hydrogens (primary N) is 1. The van der Waals surface area contributed by atoms with Crippen molar-refractivity contribution in [1.29, 1.82) is 0 Å². The molecule has 0 saturated heterocycles. The summed E-state index contributed by atoms with van der Waals surface area (Å²) in [5.74, 6) is 0.635. The van der Waals surface area contributed by atoms with Crippen LogP contribution in [0.3, 0.4) is 0 Å². The molecule has 1 atom stereocenters. The van der Waals surface area contributed by atoms with E-state index in [4.69, 9.17) is 18.0 Å². The second-order valence-electron chi connectivity index (χ2n) is 4.12. The highest BCUT2D eigenvalue weighted by molar-refractivity contribution is 7.80. The molecule has 4 N–H and O–H groups in total. The van der Waals surface area contributed by atoms with Crippen LogP contribution in [0.15, 0.2) is 12.4 Å². The standard InChI is InChI=1S/C10H14N4OS/c1-6(7-12-4-5-13-7)14-9(15)10(2-3-10)8(11)16/h4-6H,2-3H2,1H3,(H2,11,16)(H,12,13)(H,14,15). The van der Waals surface area contributed by atoms with Gasteiger partial charge in [0, 0.05) is 12.4 Å². The number of nitrogens with one attached hydrogen (secondary N) is 2. The number of carbonyl (C=O) groups excluding carboxylic acids is 1. The Morgan fingerprint density at radius 1 is 1.75 bits per heavy atom. The van der Waals surface area contributed by atoms with Crippen molar-refractivity contribution in [2.24, 2.45) is 11.1 Å². The predicted molar refractivity (Wildman–Crippen MR) is 63.6 cm³/mol. The first kappa shape index (κ1) is 11.1. The molecule has 1 fully saturated rings. The van der Waals surface area contributed by atoms with Crippen LogP contribution in [-0.4, -0.2) is 20.9 Å². The van der Waals surface area contributed by atoms with Gasteiger partial charge in [-0.25, -0.2) is 4.98 Å². The molecule has 16 heavy (non-hydrogen) atoms. The van der Waals surface area contributed by atoms with Crippen molar-refractivity contribution in [2.75, 3.05) is 0 Å². The monoisotopic (exact) mass is 238 g/mol. The molecule has 0 aliphatic heterocycles. The minimum absolute atomic E-state index is 0.0936. The molecule has 0 bridgehead atoms. The van der Waals surface area contributed by atoms with Crippen LogP contribution in [0.25, 0.3) is 0 Å². The molecule has 0 radical (unpaired) electrons. The van der Waals surface area contributed by atoms with E-state index < -0.39 is 5.41 Å². The van der Waals surface area contributed by atoms with Gasteiger partial charge in [-0.3, -0.25) is 4.79 Å². The average molecular weight is 238 g/mol. The summed E-state index contributed by atoms with van der Waals surface area (Å²) in [6, 6.07) is -0.158. The molecular weight excluding hydrogens is 224 g/mol. The predicted octanol–water partition coefficient (Wildman–Crippen LogP) is 0.653. The van der Waals surface area contributed by atoms with Crippen molar-refractivity contribution in [3.63, 3.8) is 0 Å². The molecule has 5 nitrogen and oxygen atoms in total. The third kappa shape index (κ3) is 1.80. The third-order valence-electron chi connectivity index (χ3n) is 2.93. The lowest BCUT2D eigenvalue weighted by Crippen LogP contribution is -2.40. The Kier molecular flexibility index (Phi) is 2.67. The Hall–Kier alpha value is -1.43. The van der Waals surface area contributed by atoms with E-state index in [1.54, 1.807) is 12.4 Å². The van der Waals surface area contributed by atoms with Crippen molar-refractivity contribution in [3.05, 3.63) is 18.2 Å². The number of hydrogen-bond acceptors (Lipinski definition) is 3. The molecule has 1 amide bonds. The number of nitrogens with zero attached hydrogens (tertiary/aromatic N) is 1. The van der Waals surface area contributed by atoms with Crippen molar-refractivity contribution in [3.8, 4) is 0 Å². The van der Waals surface area contributed by atoms with E-state index in [9.17, 15) is 4.79 Å². The molecule has 1 aliphatic rings. The van der Waals surface area contributed by atoms with Crippen LogP contribution in [0.4, 0.5) is 0 Å². The first-order chi connectivity index (χ1) is 7.56. The topological polar surface area (TPSA) is 83.8 Å². The lowest BCUT2D eigenvalue weighted by atomic mass is 10.1. The van der Waals surface area contributed by atoms with Crippen LogP contribution in [-0.2, 0) is 4.79 Å². The molecule has 0 spiro atoms. The van der Waals surface area contributed by atoms with Crippen molar-refractivity contribution in [1.82, 2.24) is 15.3 Å². The third-order valence-corrected chi connectivity index (χ3v) is 3.32. The van der Waals surface area contributed by atoms with Crippen molar-refractivity contribution in [2.45, 2.75) is 25.8 Å². The maximum absolute atomic E-state index is 12.0. The molecule has 0 aromatic carbocycles. The van der Waals surface area contributed by atoms with Crippen LogP contribution < -0.4 is 11.1 Å². The molecular formula is C10H14N4OS. The quantitative estimate of drug-likeness (QED) is 0.673. The Morgan fingerprint density at radius 3 is 2.88 bits per heavy atom. The van der Waals surface area contributed by atoms with Gasteiger partial charge in [-0.1, -0.05) is 12.2 Å². The second kappa shape index (κ2) is 3.86. The molecule has 2 rings (SSSR count). The fourth-order valence-electron chi connectivity index (χ4n) is 1.63. The fourth-order valence-corrected chi connectivity index (χ4v) is 1.92. The zero-order valence-electron chi connectivity index (χ0n) is 8.99. The number of carbonyl (C=O) groups is 1. The Balaban J connectivity index is 2.01. The Bertz CT molecular complexity index is 410. The zero-order chi connectivity index (χ0) is 11.8. The largest absolute Gasteiger partial charge is 0.392 e. The molecule has 1 aromatic heterocycles. The van der Waals surface area contributed by atoms with Crippen LogP contribution in [0.1, 0.15) is 31.6 Å². The number of aromatic nitrogens is 2. The summed E-state index contributed by atoms with van der Waals surface area (Å²) in [4.78, 5) is 19.3. The summed E-state index contributed by atoms with van der Waals surface area (Å²) < 4.78 is 0. The van der Waals surface area contributed by atoms with E-state index in [1.807, 2.05) is 6.92 Å². The van der Waals surface area contributed by atoms with Gasteiger partial charge >= 0.3 is 0 Å². The van der Waals surface area contributed by atoms with Gasteiger partial charge in [0.15, 0.2) is 0 Å². The Morgan fingerprint density at radius 2 is 2.44 bits per heavy atom. The highest BCUT2D eigenvalue weighted by Crippen LogP contribution is 2.46. The van der Waals surface area contributed by atoms with E-state index in [0.29, 0.717) is 0 Å². The van der Waals surface area contributed by atoms with Crippen LogP contribution in [0.5, 0.6) is 0 Å². The van der Waals surface area contributed by atoms with Gasteiger partial charge < -0.3 is 16.0 Å². The zero-order valence-corrected chi connectivity index (χ0v) is 9.80. The number of hydrogen-bond donors (Lipinski definition) is 3. The van der Waals surface area contributed by atoms with Gasteiger partial charge in [-0.2, -0.15) is 0 Å². The average Bonchev–Trinajstić information content (AvgIpc) is 2.87. The summed E-state index contributed by atoms with van der Waals surface area (Å²) in [6.45, 7) is 1.87. The van der Waals surface area contributed by atoms with Gasteiger partial charge in [-0.05, 0) is 19.8 Å². The lowest BCUT2D eigenvalue weighted by molar-refractivity contribution is -0.124. The molecule has 1 aromatic rings. The minimum Gasteiger partial charge on any atom is -0.392 e. The van der Waals surface area contributed by atoms with E-state index in [0.717, 1.165) is 18.7 Å². The number of imidazole rings is 1. The number of thiocarbonyl (C=S) groups is 1. The summed E-state index contributed by atoms with van der Waals surface area (Å²) in [5.41, 5.74) is 4.97. The van der Waals surface area contributed by atoms with Crippen molar-refractivity contribution < 1.29 is 4.79 Å². The summed E-state index contributed by atoms with van der Waals surface area (Å²) in [6.07, 6.45) is 4.87. The number of rotatable bonds is 4. The maximum atomic E-state index is 12.0. The number of H-pyrrole nitrogens is 1. The fraction of sp³-hybridized carbons (Fsp3) is 0.500. The summed E-state index contributed by atoms with van der Waals surface area (Å²) in [5, 5.41) is 2.87. The number of amides is 1. The van der Waals surface area contributed by atoms with Gasteiger partial charge in [-0.15, -0.1) is 0 Å². The van der Waals surface area contributed by atoms with Gasteiger partial charge in [0.05, 0.1) is 16.4 Å². The maximum Gasteiger partial charge on any atom is 0.233 e. The molecule has 1 unspecified atom stereocenters. The smallest absolute Gasteiger partial charge is 0.233 e. The normalized spacial score (nSPS) is 18.8. The second-order valence-corrected chi connectivity index (χ2v) is 4.56. The van der Waals surface area contributed by atoms with Crippen molar-refractivity contribution >= 4 is 23.1 Å².